The van der Waals surface area contributed by atoms with E-state index in [1.807, 2.05) is 56.3 Å². The Kier molecular flexibility index (Phi) is 8.70. The molecule has 0 saturated heterocycles. The minimum absolute atomic E-state index is 0.139. The van der Waals surface area contributed by atoms with Crippen LogP contribution in [0.5, 0.6) is 5.75 Å². The van der Waals surface area contributed by atoms with Crippen LogP contribution in [0.1, 0.15) is 37.5 Å². The molecule has 0 unspecified atom stereocenters. The van der Waals surface area contributed by atoms with Crippen molar-refractivity contribution in [3.8, 4) is 5.75 Å². The molecule has 0 radical (unpaired) electrons. The van der Waals surface area contributed by atoms with Gasteiger partial charge in [-0.25, -0.2) is 0 Å². The molecule has 1 N–H and O–H groups in total. The molecule has 29 heavy (non-hydrogen) atoms. The van der Waals surface area contributed by atoms with Crippen LogP contribution in [0, 0.1) is 6.92 Å². The number of hydrogen-bond acceptors (Lipinski definition) is 3. The lowest BCUT2D eigenvalue weighted by Gasteiger charge is -2.28. The maximum atomic E-state index is 13.0. The average molecular weight is 461 g/mol. The van der Waals surface area contributed by atoms with E-state index in [0.717, 1.165) is 22.0 Å². The number of carbonyl (C=O) groups is 2. The molecule has 2 rings (SSSR count). The highest BCUT2D eigenvalue weighted by Gasteiger charge is 2.26. The van der Waals surface area contributed by atoms with E-state index in [9.17, 15) is 9.59 Å². The summed E-state index contributed by atoms with van der Waals surface area (Å²) < 4.78 is 6.57. The van der Waals surface area contributed by atoms with E-state index in [-0.39, 0.29) is 18.4 Å². The van der Waals surface area contributed by atoms with Gasteiger partial charge in [-0.3, -0.25) is 9.59 Å². The molecule has 2 aromatic rings. The van der Waals surface area contributed by atoms with Gasteiger partial charge in [0.25, 0.3) is 5.91 Å². The number of carbonyl (C=O) groups excluding carboxylic acids is 2. The molecule has 0 fully saturated rings. The highest BCUT2D eigenvalue weighted by molar-refractivity contribution is 9.10. The summed E-state index contributed by atoms with van der Waals surface area (Å²) in [5.41, 5.74) is 3.27. The molecular formula is C23H29BrN2O3. The molecule has 6 heteroatoms. The highest BCUT2D eigenvalue weighted by atomic mass is 79.9. The first-order valence-electron chi connectivity index (χ1n) is 9.89. The third kappa shape index (κ3) is 6.60. The van der Waals surface area contributed by atoms with Crippen molar-refractivity contribution in [3.63, 3.8) is 0 Å². The highest BCUT2D eigenvalue weighted by Crippen LogP contribution is 2.26. The first-order valence-corrected chi connectivity index (χ1v) is 10.7. The van der Waals surface area contributed by atoms with E-state index in [2.05, 4.69) is 28.2 Å². The Morgan fingerprint density at radius 1 is 1.14 bits per heavy atom. The first kappa shape index (κ1) is 22.9. The van der Waals surface area contributed by atoms with Gasteiger partial charge in [-0.15, -0.1) is 0 Å². The fourth-order valence-electron chi connectivity index (χ4n) is 3.02. The smallest absolute Gasteiger partial charge is 0.261 e. The lowest BCUT2D eigenvalue weighted by molar-refractivity contribution is -0.142. The SMILES string of the molecule is CCNC(=O)[C@H](C)N(Cc1cccc(C)c1)C(=O)COc1ccc(CC)cc1Br. The van der Waals surface area contributed by atoms with E-state index in [0.29, 0.717) is 18.8 Å². The second-order valence-corrected chi connectivity index (χ2v) is 7.84. The molecule has 0 aliphatic rings. The summed E-state index contributed by atoms with van der Waals surface area (Å²) in [4.78, 5) is 27.0. The third-order valence-electron chi connectivity index (χ3n) is 4.71. The van der Waals surface area contributed by atoms with Crippen LogP contribution in [0.3, 0.4) is 0 Å². The van der Waals surface area contributed by atoms with Gasteiger partial charge in [0.05, 0.1) is 4.47 Å². The predicted octanol–water partition coefficient (Wildman–Crippen LogP) is 4.25. The van der Waals surface area contributed by atoms with Gasteiger partial charge in [0.2, 0.25) is 5.91 Å². The molecular weight excluding hydrogens is 432 g/mol. The number of aryl methyl sites for hydroxylation is 2. The average Bonchev–Trinajstić information content (AvgIpc) is 2.70. The number of benzene rings is 2. The minimum atomic E-state index is -0.600. The number of hydrogen-bond donors (Lipinski definition) is 1. The third-order valence-corrected chi connectivity index (χ3v) is 5.33. The molecule has 1 atom stereocenters. The Morgan fingerprint density at radius 3 is 2.52 bits per heavy atom. The largest absolute Gasteiger partial charge is 0.483 e. The number of nitrogens with one attached hydrogen (secondary N) is 1. The van der Waals surface area contributed by atoms with Gasteiger partial charge in [-0.1, -0.05) is 42.8 Å². The quantitative estimate of drug-likeness (QED) is 0.608. The number of likely N-dealkylation sites (N-methyl/N-ethyl adjacent to an activating group) is 1. The van der Waals surface area contributed by atoms with E-state index >= 15 is 0 Å². The molecule has 156 valence electrons. The molecule has 0 aromatic heterocycles. The fraction of sp³-hybridized carbons (Fsp3) is 0.391. The van der Waals surface area contributed by atoms with Crippen molar-refractivity contribution >= 4 is 27.7 Å². The molecule has 0 spiro atoms. The van der Waals surface area contributed by atoms with Gasteiger partial charge in [0, 0.05) is 13.1 Å². The Labute approximate surface area is 181 Å². The monoisotopic (exact) mass is 460 g/mol. The Morgan fingerprint density at radius 2 is 1.90 bits per heavy atom. The molecule has 0 bridgehead atoms. The summed E-state index contributed by atoms with van der Waals surface area (Å²) in [5, 5.41) is 2.79. The fourth-order valence-corrected chi connectivity index (χ4v) is 3.56. The van der Waals surface area contributed by atoms with Crippen molar-refractivity contribution in [2.75, 3.05) is 13.2 Å². The van der Waals surface area contributed by atoms with Crippen molar-refractivity contribution < 1.29 is 14.3 Å². The maximum absolute atomic E-state index is 13.0. The van der Waals surface area contributed by atoms with Crippen LogP contribution in [0.2, 0.25) is 0 Å². The van der Waals surface area contributed by atoms with Crippen LogP contribution in [-0.4, -0.2) is 35.9 Å². The van der Waals surface area contributed by atoms with E-state index < -0.39 is 6.04 Å². The standard InChI is InChI=1S/C23H29BrN2O3/c1-5-18-10-11-21(20(24)13-18)29-15-22(27)26(17(4)23(28)25-6-2)14-19-9-7-8-16(3)12-19/h7-13,17H,5-6,14-15H2,1-4H3,(H,25,28)/t17-/m0/s1. The predicted molar refractivity (Wildman–Crippen MR) is 119 cm³/mol. The van der Waals surface area contributed by atoms with Crippen molar-refractivity contribution in [1.29, 1.82) is 0 Å². The van der Waals surface area contributed by atoms with Crippen molar-refractivity contribution in [1.82, 2.24) is 10.2 Å². The normalized spacial score (nSPS) is 11.6. The van der Waals surface area contributed by atoms with Gasteiger partial charge < -0.3 is 15.0 Å². The second kappa shape index (κ2) is 11.0. The van der Waals surface area contributed by atoms with Gasteiger partial charge in [-0.05, 0) is 66.4 Å². The first-order chi connectivity index (χ1) is 13.8. The van der Waals surface area contributed by atoms with Crippen LogP contribution < -0.4 is 10.1 Å². The Balaban J connectivity index is 2.15. The number of halogens is 1. The van der Waals surface area contributed by atoms with Crippen LogP contribution in [0.25, 0.3) is 0 Å². The zero-order chi connectivity index (χ0) is 21.4. The number of rotatable bonds is 9. The van der Waals surface area contributed by atoms with Gasteiger partial charge in [0.15, 0.2) is 6.61 Å². The Hall–Kier alpha value is -2.34. The molecule has 2 aromatic carbocycles. The van der Waals surface area contributed by atoms with Crippen LogP contribution in [-0.2, 0) is 22.6 Å². The molecule has 0 heterocycles. The summed E-state index contributed by atoms with van der Waals surface area (Å²) in [6.07, 6.45) is 0.923. The van der Waals surface area contributed by atoms with Gasteiger partial charge >= 0.3 is 0 Å². The summed E-state index contributed by atoms with van der Waals surface area (Å²) >= 11 is 3.50. The minimum Gasteiger partial charge on any atom is -0.483 e. The summed E-state index contributed by atoms with van der Waals surface area (Å²) in [6.45, 7) is 8.41. The Bertz CT molecular complexity index is 854. The molecule has 0 aliphatic heterocycles. The van der Waals surface area contributed by atoms with Crippen LogP contribution in [0.4, 0.5) is 0 Å². The summed E-state index contributed by atoms with van der Waals surface area (Å²) in [5.74, 6) is 0.190. The van der Waals surface area contributed by atoms with E-state index in [1.165, 1.54) is 5.56 Å². The second-order valence-electron chi connectivity index (χ2n) is 6.99. The maximum Gasteiger partial charge on any atom is 0.261 e. The van der Waals surface area contributed by atoms with Crippen molar-refractivity contribution in [2.45, 2.75) is 46.7 Å². The zero-order valence-corrected chi connectivity index (χ0v) is 19.1. The summed E-state index contributed by atoms with van der Waals surface area (Å²) in [6, 6.07) is 13.2. The zero-order valence-electron chi connectivity index (χ0n) is 17.5. The molecule has 5 nitrogen and oxygen atoms in total. The van der Waals surface area contributed by atoms with Crippen LogP contribution >= 0.6 is 15.9 Å². The van der Waals surface area contributed by atoms with Crippen molar-refractivity contribution in [2.24, 2.45) is 0 Å². The topological polar surface area (TPSA) is 58.6 Å². The number of nitrogens with zero attached hydrogens (tertiary/aromatic N) is 1. The molecule has 0 aliphatic carbocycles. The lowest BCUT2D eigenvalue weighted by Crippen LogP contribution is -2.49. The van der Waals surface area contributed by atoms with Gasteiger partial charge in [0.1, 0.15) is 11.8 Å². The summed E-state index contributed by atoms with van der Waals surface area (Å²) in [7, 11) is 0. The van der Waals surface area contributed by atoms with Crippen LogP contribution in [0.15, 0.2) is 46.9 Å². The lowest BCUT2D eigenvalue weighted by atomic mass is 10.1. The van der Waals surface area contributed by atoms with E-state index in [4.69, 9.17) is 4.74 Å². The molecule has 0 saturated carbocycles. The van der Waals surface area contributed by atoms with Gasteiger partial charge in [-0.2, -0.15) is 0 Å². The van der Waals surface area contributed by atoms with Crippen molar-refractivity contribution in [3.05, 3.63) is 63.6 Å². The molecule has 2 amide bonds. The number of amides is 2. The number of ether oxygens (including phenoxy) is 1. The van der Waals surface area contributed by atoms with E-state index in [1.54, 1.807) is 11.8 Å².